The third-order valence-corrected chi connectivity index (χ3v) is 4.28. The Labute approximate surface area is 158 Å². The molecule has 1 saturated heterocycles. The molecule has 1 heterocycles. The summed E-state index contributed by atoms with van der Waals surface area (Å²) in [4.78, 5) is 13.0. The third kappa shape index (κ3) is 5.18. The van der Waals surface area contributed by atoms with Crippen LogP contribution in [0.25, 0.3) is 0 Å². The highest BCUT2D eigenvalue weighted by atomic mass is 16.5. The van der Waals surface area contributed by atoms with Crippen molar-refractivity contribution in [1.29, 1.82) is 0 Å². The number of anilines is 1. The van der Waals surface area contributed by atoms with Crippen LogP contribution < -0.4 is 36.7 Å². The van der Waals surface area contributed by atoms with E-state index in [9.17, 15) is 4.79 Å². The first kappa shape index (κ1) is 19.1. The molecule has 1 aliphatic heterocycles. The average molecular weight is 371 g/mol. The molecule has 0 aliphatic carbocycles. The lowest BCUT2D eigenvalue weighted by atomic mass is 9.95. The molecule has 0 radical (unpaired) electrons. The second-order valence-electron chi connectivity index (χ2n) is 6.13. The maximum absolute atomic E-state index is 13.0. The lowest BCUT2D eigenvalue weighted by Gasteiger charge is -2.22. The molecular formula is C19H25N5O3. The van der Waals surface area contributed by atoms with E-state index < -0.39 is 0 Å². The minimum atomic E-state index is -0.369. The minimum absolute atomic E-state index is 0.0996. The number of carbonyl (C=O) groups is 1. The van der Waals surface area contributed by atoms with Crippen LogP contribution in [-0.4, -0.2) is 25.8 Å². The van der Waals surface area contributed by atoms with Crippen LogP contribution in [0.1, 0.15) is 12.5 Å². The van der Waals surface area contributed by atoms with E-state index in [1.807, 2.05) is 55.5 Å². The van der Waals surface area contributed by atoms with Gasteiger partial charge in [0.05, 0.1) is 25.8 Å². The summed E-state index contributed by atoms with van der Waals surface area (Å²) in [5, 5.41) is 2.98. The van der Waals surface area contributed by atoms with Crippen molar-refractivity contribution in [3.05, 3.63) is 54.1 Å². The molecule has 0 saturated carbocycles. The molecule has 1 unspecified atom stereocenters. The van der Waals surface area contributed by atoms with Gasteiger partial charge in [0.25, 0.3) is 0 Å². The van der Waals surface area contributed by atoms with Gasteiger partial charge in [-0.3, -0.25) is 4.79 Å². The van der Waals surface area contributed by atoms with E-state index in [0.29, 0.717) is 13.0 Å². The quantitative estimate of drug-likeness (QED) is 0.478. The van der Waals surface area contributed by atoms with Crippen LogP contribution in [0, 0.1) is 5.92 Å². The number of carbonyl (C=O) groups excluding carboxylic acids is 1. The molecule has 27 heavy (non-hydrogen) atoms. The number of ether oxygens (including phenoxy) is 2. The van der Waals surface area contributed by atoms with Crippen LogP contribution in [0.4, 0.5) is 5.69 Å². The van der Waals surface area contributed by atoms with Gasteiger partial charge >= 0.3 is 0 Å². The first-order valence-corrected chi connectivity index (χ1v) is 8.87. The molecule has 5 N–H and O–H groups in total. The number of methoxy groups -OCH3 is 1. The number of hydrogen-bond donors (Lipinski definition) is 5. The van der Waals surface area contributed by atoms with E-state index in [2.05, 4.69) is 27.2 Å². The first-order chi connectivity index (χ1) is 13.2. The number of rotatable bonds is 8. The van der Waals surface area contributed by atoms with Crippen molar-refractivity contribution in [3.8, 4) is 11.5 Å². The lowest BCUT2D eigenvalue weighted by molar-refractivity contribution is -0.120. The highest BCUT2D eigenvalue weighted by Gasteiger charge is 2.31. The van der Waals surface area contributed by atoms with E-state index in [1.54, 1.807) is 7.11 Å². The molecule has 144 valence electrons. The van der Waals surface area contributed by atoms with Crippen molar-refractivity contribution in [2.24, 2.45) is 5.92 Å². The minimum Gasteiger partial charge on any atom is -0.497 e. The standard InChI is InChI=1S/C19H25N5O3/c1-3-27-15-9-7-14(8-10-15)20-19(25)17(18-21-23-24-22-18)12-13-5-4-6-16(11-13)26-2/h4-11,17-18,21-24H,3,12H2,1-2H3,(H,20,25). The number of hydrogen-bond acceptors (Lipinski definition) is 7. The van der Waals surface area contributed by atoms with Gasteiger partial charge in [0, 0.05) is 5.69 Å². The van der Waals surface area contributed by atoms with Crippen molar-refractivity contribution >= 4 is 11.6 Å². The Morgan fingerprint density at radius 3 is 2.52 bits per heavy atom. The Kier molecular flexibility index (Phi) is 6.61. The van der Waals surface area contributed by atoms with Gasteiger partial charge in [-0.25, -0.2) is 10.9 Å². The Hall–Kier alpha value is -2.65. The van der Waals surface area contributed by atoms with Crippen LogP contribution in [0.15, 0.2) is 48.5 Å². The SMILES string of the molecule is CCOc1ccc(NC(=O)C(Cc2cccc(OC)c2)C2NNNN2)cc1. The first-order valence-electron chi connectivity index (χ1n) is 8.87. The molecule has 1 amide bonds. The molecule has 0 bridgehead atoms. The molecule has 3 rings (SSSR count). The fourth-order valence-corrected chi connectivity index (χ4v) is 2.92. The van der Waals surface area contributed by atoms with Gasteiger partial charge < -0.3 is 14.8 Å². The largest absolute Gasteiger partial charge is 0.497 e. The van der Waals surface area contributed by atoms with Crippen molar-refractivity contribution in [1.82, 2.24) is 21.9 Å². The van der Waals surface area contributed by atoms with Crippen molar-refractivity contribution in [3.63, 3.8) is 0 Å². The highest BCUT2D eigenvalue weighted by Crippen LogP contribution is 2.21. The molecule has 8 heteroatoms. The Morgan fingerprint density at radius 1 is 1.11 bits per heavy atom. The van der Waals surface area contributed by atoms with Gasteiger partial charge in [-0.15, -0.1) is 0 Å². The number of amides is 1. The zero-order valence-electron chi connectivity index (χ0n) is 15.4. The van der Waals surface area contributed by atoms with Gasteiger partial charge in [0.1, 0.15) is 11.5 Å². The third-order valence-electron chi connectivity index (χ3n) is 4.28. The smallest absolute Gasteiger partial charge is 0.230 e. The summed E-state index contributed by atoms with van der Waals surface area (Å²) < 4.78 is 10.7. The van der Waals surface area contributed by atoms with Gasteiger partial charge in [-0.1, -0.05) is 12.1 Å². The number of hydrazine groups is 3. The zero-order valence-corrected chi connectivity index (χ0v) is 15.4. The summed E-state index contributed by atoms with van der Waals surface area (Å²) in [5.74, 6) is 1.07. The Balaban J connectivity index is 1.72. The fourth-order valence-electron chi connectivity index (χ4n) is 2.92. The average Bonchev–Trinajstić information content (AvgIpc) is 3.22. The van der Waals surface area contributed by atoms with Gasteiger partial charge in [-0.2, -0.15) is 11.1 Å². The maximum atomic E-state index is 13.0. The molecule has 8 nitrogen and oxygen atoms in total. The van der Waals surface area contributed by atoms with Crippen molar-refractivity contribution in [2.45, 2.75) is 19.5 Å². The summed E-state index contributed by atoms with van der Waals surface area (Å²) in [6.07, 6.45) is 0.257. The Morgan fingerprint density at radius 2 is 1.85 bits per heavy atom. The molecule has 1 atom stereocenters. The van der Waals surface area contributed by atoms with Crippen LogP contribution in [0.5, 0.6) is 11.5 Å². The van der Waals surface area contributed by atoms with Gasteiger partial charge in [-0.05, 0) is 55.3 Å². The second kappa shape index (κ2) is 9.33. The fraction of sp³-hybridized carbons (Fsp3) is 0.316. The molecule has 1 fully saturated rings. The molecule has 2 aromatic rings. The Bertz CT molecular complexity index is 747. The van der Waals surface area contributed by atoms with E-state index in [-0.39, 0.29) is 18.0 Å². The van der Waals surface area contributed by atoms with Crippen LogP contribution >= 0.6 is 0 Å². The molecule has 2 aromatic carbocycles. The monoisotopic (exact) mass is 371 g/mol. The predicted molar refractivity (Wildman–Crippen MR) is 103 cm³/mol. The summed E-state index contributed by atoms with van der Waals surface area (Å²) in [7, 11) is 1.63. The highest BCUT2D eigenvalue weighted by molar-refractivity contribution is 5.93. The van der Waals surface area contributed by atoms with Crippen LogP contribution in [0.3, 0.4) is 0 Å². The van der Waals surface area contributed by atoms with Gasteiger partial charge in [0.15, 0.2) is 0 Å². The zero-order chi connectivity index (χ0) is 19.1. The topological polar surface area (TPSA) is 95.7 Å². The van der Waals surface area contributed by atoms with Crippen molar-refractivity contribution < 1.29 is 14.3 Å². The summed E-state index contributed by atoms with van der Waals surface area (Å²) >= 11 is 0. The summed E-state index contributed by atoms with van der Waals surface area (Å²) in [5.41, 5.74) is 13.3. The summed E-state index contributed by atoms with van der Waals surface area (Å²) in [6.45, 7) is 2.54. The second-order valence-corrected chi connectivity index (χ2v) is 6.13. The molecule has 1 aliphatic rings. The van der Waals surface area contributed by atoms with Gasteiger partial charge in [0.2, 0.25) is 5.91 Å². The molecule has 0 spiro atoms. The van der Waals surface area contributed by atoms with Crippen molar-refractivity contribution in [2.75, 3.05) is 19.0 Å². The predicted octanol–water partition coefficient (Wildman–Crippen LogP) is 1.33. The van der Waals surface area contributed by atoms with E-state index in [4.69, 9.17) is 9.47 Å². The lowest BCUT2D eigenvalue weighted by Crippen LogP contribution is -2.47. The summed E-state index contributed by atoms with van der Waals surface area (Å²) in [6, 6.07) is 15.1. The normalized spacial score (nSPS) is 15.3. The van der Waals surface area contributed by atoms with E-state index in [0.717, 1.165) is 22.7 Å². The number of benzene rings is 2. The van der Waals surface area contributed by atoms with Crippen LogP contribution in [-0.2, 0) is 11.2 Å². The van der Waals surface area contributed by atoms with Crippen LogP contribution in [0.2, 0.25) is 0 Å². The van der Waals surface area contributed by atoms with E-state index >= 15 is 0 Å². The number of nitrogens with one attached hydrogen (secondary N) is 5. The maximum Gasteiger partial charge on any atom is 0.230 e. The molecule has 0 aromatic heterocycles. The molecular weight excluding hydrogens is 346 g/mol. The van der Waals surface area contributed by atoms with E-state index in [1.165, 1.54) is 0 Å².